The third kappa shape index (κ3) is 4.41. The highest BCUT2D eigenvalue weighted by atomic mass is 35.5. The molecule has 0 spiro atoms. The van der Waals surface area contributed by atoms with Gasteiger partial charge >= 0.3 is 0 Å². The summed E-state index contributed by atoms with van der Waals surface area (Å²) in [5.74, 6) is -0.782. The lowest BCUT2D eigenvalue weighted by atomic mass is 10.1. The van der Waals surface area contributed by atoms with Crippen LogP contribution >= 0.6 is 11.6 Å². The second kappa shape index (κ2) is 6.87. The van der Waals surface area contributed by atoms with E-state index in [1.54, 1.807) is 12.1 Å². The predicted molar refractivity (Wildman–Crippen MR) is 79.5 cm³/mol. The number of benzene rings is 2. The van der Waals surface area contributed by atoms with Crippen molar-refractivity contribution in [3.63, 3.8) is 0 Å². The van der Waals surface area contributed by atoms with E-state index in [1.165, 1.54) is 24.3 Å². The van der Waals surface area contributed by atoms with Gasteiger partial charge in [0.2, 0.25) is 0 Å². The van der Waals surface area contributed by atoms with Crippen molar-refractivity contribution in [1.29, 1.82) is 0 Å². The maximum atomic E-state index is 13.9. The van der Waals surface area contributed by atoms with Gasteiger partial charge in [-0.05, 0) is 49.2 Å². The lowest BCUT2D eigenvalue weighted by Gasteiger charge is -2.11. The summed E-state index contributed by atoms with van der Waals surface area (Å²) in [6.45, 7) is 1.86. The molecule has 0 bridgehead atoms. The van der Waals surface area contributed by atoms with Crippen molar-refractivity contribution in [2.75, 3.05) is 0 Å². The van der Waals surface area contributed by atoms with Gasteiger partial charge in [-0.1, -0.05) is 17.7 Å². The van der Waals surface area contributed by atoms with E-state index < -0.39 is 11.6 Å². The van der Waals surface area contributed by atoms with Crippen LogP contribution in [0.25, 0.3) is 0 Å². The molecule has 2 N–H and O–H groups in total. The van der Waals surface area contributed by atoms with Gasteiger partial charge in [0.25, 0.3) is 0 Å². The number of nitrogens with two attached hydrogens (primary N) is 1. The van der Waals surface area contributed by atoms with E-state index in [-0.39, 0.29) is 18.4 Å². The van der Waals surface area contributed by atoms with Crippen LogP contribution in [0.4, 0.5) is 8.78 Å². The Labute approximate surface area is 127 Å². The van der Waals surface area contributed by atoms with E-state index in [2.05, 4.69) is 0 Å². The van der Waals surface area contributed by atoms with Crippen LogP contribution in [0.1, 0.15) is 18.1 Å². The van der Waals surface area contributed by atoms with Crippen molar-refractivity contribution in [2.45, 2.75) is 26.0 Å². The molecule has 5 heteroatoms. The summed E-state index contributed by atoms with van der Waals surface area (Å²) in [7, 11) is 0. The van der Waals surface area contributed by atoms with Gasteiger partial charge in [-0.15, -0.1) is 0 Å². The first-order valence-corrected chi connectivity index (χ1v) is 6.94. The highest BCUT2D eigenvalue weighted by molar-refractivity contribution is 6.31. The van der Waals surface area contributed by atoms with Gasteiger partial charge in [0.1, 0.15) is 12.4 Å². The largest absolute Gasteiger partial charge is 0.486 e. The smallest absolute Gasteiger partial charge is 0.165 e. The molecule has 2 rings (SSSR count). The zero-order chi connectivity index (χ0) is 15.4. The van der Waals surface area contributed by atoms with E-state index in [0.29, 0.717) is 17.0 Å². The van der Waals surface area contributed by atoms with Gasteiger partial charge in [0, 0.05) is 16.6 Å². The maximum absolute atomic E-state index is 13.9. The summed E-state index contributed by atoms with van der Waals surface area (Å²) in [5.41, 5.74) is 6.95. The van der Waals surface area contributed by atoms with Gasteiger partial charge < -0.3 is 10.5 Å². The Bertz CT molecular complexity index is 632. The molecule has 2 nitrogen and oxygen atoms in total. The first kappa shape index (κ1) is 15.7. The van der Waals surface area contributed by atoms with Crippen molar-refractivity contribution < 1.29 is 13.5 Å². The standard InChI is InChI=1S/C16H16ClF2NO/c1-10(20)6-11-2-5-16(15(19)7-11)21-9-12-8-13(18)3-4-14(12)17/h2-5,7-8,10H,6,9,20H2,1H3. The molecule has 0 fully saturated rings. The van der Waals surface area contributed by atoms with Crippen LogP contribution in [0, 0.1) is 11.6 Å². The SMILES string of the molecule is CC(N)Cc1ccc(OCc2cc(F)ccc2Cl)c(F)c1. The molecule has 2 aromatic rings. The summed E-state index contributed by atoms with van der Waals surface area (Å²) in [6.07, 6.45) is 0.590. The van der Waals surface area contributed by atoms with Crippen LogP contribution in [0.3, 0.4) is 0 Å². The zero-order valence-electron chi connectivity index (χ0n) is 11.6. The number of halogens is 3. The average molecular weight is 312 g/mol. The number of hydrogen-bond acceptors (Lipinski definition) is 2. The molecular formula is C16H16ClF2NO. The second-order valence-corrected chi connectivity index (χ2v) is 5.38. The van der Waals surface area contributed by atoms with E-state index in [1.807, 2.05) is 6.92 Å². The average Bonchev–Trinajstić information content (AvgIpc) is 2.41. The molecule has 0 aliphatic heterocycles. The third-order valence-corrected chi connectivity index (χ3v) is 3.31. The summed E-state index contributed by atoms with van der Waals surface area (Å²) in [4.78, 5) is 0. The fourth-order valence-electron chi connectivity index (χ4n) is 1.97. The van der Waals surface area contributed by atoms with E-state index in [0.717, 1.165) is 5.56 Å². The van der Waals surface area contributed by atoms with E-state index >= 15 is 0 Å². The Balaban J connectivity index is 2.08. The molecule has 1 unspecified atom stereocenters. The third-order valence-electron chi connectivity index (χ3n) is 2.94. The number of rotatable bonds is 5. The van der Waals surface area contributed by atoms with Crippen molar-refractivity contribution in [3.05, 3.63) is 64.2 Å². The number of hydrogen-bond donors (Lipinski definition) is 1. The highest BCUT2D eigenvalue weighted by Gasteiger charge is 2.08. The summed E-state index contributed by atoms with van der Waals surface area (Å²) in [6, 6.07) is 8.63. The summed E-state index contributed by atoms with van der Waals surface area (Å²) >= 11 is 5.93. The van der Waals surface area contributed by atoms with E-state index in [9.17, 15) is 8.78 Å². The minimum absolute atomic E-state index is 0.000150. The molecule has 21 heavy (non-hydrogen) atoms. The molecule has 112 valence electrons. The van der Waals surface area contributed by atoms with Gasteiger partial charge in [-0.3, -0.25) is 0 Å². The van der Waals surface area contributed by atoms with Gasteiger partial charge in [0.05, 0.1) is 0 Å². The normalized spacial score (nSPS) is 12.2. The molecule has 0 amide bonds. The Hall–Kier alpha value is -1.65. The fourth-order valence-corrected chi connectivity index (χ4v) is 2.14. The van der Waals surface area contributed by atoms with Gasteiger partial charge in [-0.25, -0.2) is 8.78 Å². The Kier molecular flexibility index (Phi) is 5.15. The Morgan fingerprint density at radius 1 is 1.19 bits per heavy atom. The topological polar surface area (TPSA) is 35.2 Å². The van der Waals surface area contributed by atoms with Crippen LogP contribution in [0.2, 0.25) is 5.02 Å². The van der Waals surface area contributed by atoms with Crippen LogP contribution in [0.5, 0.6) is 5.75 Å². The number of ether oxygens (including phenoxy) is 1. The summed E-state index contributed by atoms with van der Waals surface area (Å²) in [5, 5.41) is 0.380. The van der Waals surface area contributed by atoms with Crippen LogP contribution in [-0.2, 0) is 13.0 Å². The zero-order valence-corrected chi connectivity index (χ0v) is 12.3. The highest BCUT2D eigenvalue weighted by Crippen LogP contribution is 2.23. The minimum atomic E-state index is -0.472. The molecule has 0 saturated carbocycles. The van der Waals surface area contributed by atoms with Crippen LogP contribution < -0.4 is 10.5 Å². The lowest BCUT2D eigenvalue weighted by Crippen LogP contribution is -2.17. The first-order chi connectivity index (χ1) is 9.95. The van der Waals surface area contributed by atoms with Crippen molar-refractivity contribution >= 4 is 11.6 Å². The van der Waals surface area contributed by atoms with Crippen LogP contribution in [0.15, 0.2) is 36.4 Å². The van der Waals surface area contributed by atoms with Gasteiger partial charge in [0.15, 0.2) is 11.6 Å². The van der Waals surface area contributed by atoms with Crippen molar-refractivity contribution in [3.8, 4) is 5.75 Å². The molecular weight excluding hydrogens is 296 g/mol. The summed E-state index contributed by atoms with van der Waals surface area (Å²) < 4.78 is 32.4. The molecule has 0 aliphatic rings. The second-order valence-electron chi connectivity index (χ2n) is 4.97. The molecule has 0 saturated heterocycles. The quantitative estimate of drug-likeness (QED) is 0.902. The lowest BCUT2D eigenvalue weighted by molar-refractivity contribution is 0.289. The fraction of sp³-hybridized carbons (Fsp3) is 0.250. The van der Waals surface area contributed by atoms with E-state index in [4.69, 9.17) is 22.1 Å². The first-order valence-electron chi connectivity index (χ1n) is 6.56. The van der Waals surface area contributed by atoms with Crippen molar-refractivity contribution in [1.82, 2.24) is 0 Å². The van der Waals surface area contributed by atoms with Crippen LogP contribution in [-0.4, -0.2) is 6.04 Å². The maximum Gasteiger partial charge on any atom is 0.165 e. The molecule has 0 aliphatic carbocycles. The Morgan fingerprint density at radius 2 is 1.95 bits per heavy atom. The Morgan fingerprint density at radius 3 is 2.62 bits per heavy atom. The monoisotopic (exact) mass is 311 g/mol. The predicted octanol–water partition coefficient (Wildman–Crippen LogP) is 4.09. The molecule has 1 atom stereocenters. The molecule has 0 radical (unpaired) electrons. The molecule has 2 aromatic carbocycles. The minimum Gasteiger partial charge on any atom is -0.486 e. The van der Waals surface area contributed by atoms with Crippen molar-refractivity contribution in [2.24, 2.45) is 5.73 Å². The molecule has 0 heterocycles. The van der Waals surface area contributed by atoms with Gasteiger partial charge in [-0.2, -0.15) is 0 Å². The molecule has 0 aromatic heterocycles.